The average molecular weight is 342 g/mol. The predicted molar refractivity (Wildman–Crippen MR) is 92.3 cm³/mol. The van der Waals surface area contributed by atoms with E-state index in [2.05, 4.69) is 0 Å². The summed E-state index contributed by atoms with van der Waals surface area (Å²) in [4.78, 5) is 11.7. The maximum atomic E-state index is 11.7. The summed E-state index contributed by atoms with van der Waals surface area (Å²) in [5.74, 6) is 1.08. The van der Waals surface area contributed by atoms with Gasteiger partial charge in [-0.05, 0) is 17.7 Å². The maximum Gasteiger partial charge on any atom is 0.336 e. The Hall–Kier alpha value is -2.99. The molecule has 0 aliphatic heterocycles. The molecule has 130 valence electrons. The van der Waals surface area contributed by atoms with Crippen molar-refractivity contribution in [2.45, 2.75) is 6.61 Å². The van der Waals surface area contributed by atoms with Crippen LogP contribution in [0.5, 0.6) is 17.2 Å². The van der Waals surface area contributed by atoms with E-state index in [0.717, 1.165) is 5.56 Å². The van der Waals surface area contributed by atoms with E-state index >= 15 is 0 Å². The van der Waals surface area contributed by atoms with Gasteiger partial charge in [-0.2, -0.15) is 0 Å². The van der Waals surface area contributed by atoms with Crippen molar-refractivity contribution in [2.75, 3.05) is 21.0 Å². The monoisotopic (exact) mass is 342 g/mol. The van der Waals surface area contributed by atoms with Crippen LogP contribution in [0.15, 0.2) is 57.7 Å². The lowest BCUT2D eigenvalue weighted by atomic mass is 10.2. The standard InChI is InChI=1S/C19H18O6/c1-21-12-24-18-15(22-2)10-14-8-9-16(20)25-17(14)19(18)23-11-13-6-4-3-5-7-13/h3-10H,11-12H2,1-2H3. The summed E-state index contributed by atoms with van der Waals surface area (Å²) >= 11 is 0. The van der Waals surface area contributed by atoms with Crippen molar-refractivity contribution in [2.24, 2.45) is 0 Å². The highest BCUT2D eigenvalue weighted by atomic mass is 16.7. The van der Waals surface area contributed by atoms with Gasteiger partial charge in [-0.15, -0.1) is 0 Å². The number of methoxy groups -OCH3 is 2. The van der Waals surface area contributed by atoms with E-state index in [9.17, 15) is 4.79 Å². The van der Waals surface area contributed by atoms with Crippen molar-refractivity contribution >= 4 is 11.0 Å². The molecule has 0 aliphatic carbocycles. The van der Waals surface area contributed by atoms with Crippen molar-refractivity contribution in [3.63, 3.8) is 0 Å². The first kappa shape index (κ1) is 16.9. The molecule has 0 amide bonds. The fraction of sp³-hybridized carbons (Fsp3) is 0.211. The minimum atomic E-state index is -0.472. The Kier molecular flexibility index (Phi) is 5.20. The van der Waals surface area contributed by atoms with Crippen LogP contribution in [0.1, 0.15) is 5.56 Å². The normalized spacial score (nSPS) is 10.6. The van der Waals surface area contributed by atoms with Gasteiger partial charge in [0.25, 0.3) is 0 Å². The Balaban J connectivity index is 2.09. The minimum Gasteiger partial charge on any atom is -0.493 e. The average Bonchev–Trinajstić information content (AvgIpc) is 2.65. The van der Waals surface area contributed by atoms with Gasteiger partial charge in [0, 0.05) is 18.6 Å². The minimum absolute atomic E-state index is 0.000624. The fourth-order valence-corrected chi connectivity index (χ4v) is 2.41. The van der Waals surface area contributed by atoms with E-state index in [4.69, 9.17) is 23.4 Å². The van der Waals surface area contributed by atoms with E-state index in [-0.39, 0.29) is 13.4 Å². The van der Waals surface area contributed by atoms with Gasteiger partial charge < -0.3 is 23.4 Å². The van der Waals surface area contributed by atoms with Crippen molar-refractivity contribution in [1.29, 1.82) is 0 Å². The van der Waals surface area contributed by atoms with Gasteiger partial charge in [0.1, 0.15) is 6.61 Å². The molecule has 6 nitrogen and oxygen atoms in total. The lowest BCUT2D eigenvalue weighted by molar-refractivity contribution is 0.0464. The zero-order valence-corrected chi connectivity index (χ0v) is 14.0. The van der Waals surface area contributed by atoms with E-state index in [0.29, 0.717) is 28.2 Å². The molecule has 6 heteroatoms. The zero-order valence-electron chi connectivity index (χ0n) is 14.0. The first-order chi connectivity index (χ1) is 12.2. The lowest BCUT2D eigenvalue weighted by Crippen LogP contribution is -2.06. The maximum absolute atomic E-state index is 11.7. The summed E-state index contributed by atoms with van der Waals surface area (Å²) in [7, 11) is 3.04. The molecule has 0 unspecified atom stereocenters. The second-order valence-electron chi connectivity index (χ2n) is 5.23. The van der Waals surface area contributed by atoms with Crippen LogP contribution in [-0.2, 0) is 11.3 Å². The Morgan fingerprint density at radius 1 is 0.960 bits per heavy atom. The Bertz CT molecular complexity index is 901. The van der Waals surface area contributed by atoms with E-state index in [1.54, 1.807) is 12.1 Å². The molecule has 0 spiro atoms. The number of fused-ring (bicyclic) bond motifs is 1. The first-order valence-electron chi connectivity index (χ1n) is 7.66. The smallest absolute Gasteiger partial charge is 0.336 e. The lowest BCUT2D eigenvalue weighted by Gasteiger charge is -2.16. The predicted octanol–water partition coefficient (Wildman–Crippen LogP) is 3.36. The first-order valence-corrected chi connectivity index (χ1v) is 7.66. The molecule has 1 aromatic heterocycles. The molecule has 3 rings (SSSR count). The highest BCUT2D eigenvalue weighted by Crippen LogP contribution is 2.43. The molecule has 0 aliphatic rings. The molecule has 0 bridgehead atoms. The number of rotatable bonds is 7. The summed E-state index contributed by atoms with van der Waals surface area (Å²) in [6, 6.07) is 14.4. The van der Waals surface area contributed by atoms with E-state index in [1.165, 1.54) is 20.3 Å². The topological polar surface area (TPSA) is 67.1 Å². The Labute approximate surface area is 144 Å². The number of benzene rings is 2. The van der Waals surface area contributed by atoms with Crippen LogP contribution in [0.4, 0.5) is 0 Å². The molecule has 0 N–H and O–H groups in total. The van der Waals surface area contributed by atoms with Gasteiger partial charge in [-0.1, -0.05) is 30.3 Å². The molecule has 0 saturated carbocycles. The van der Waals surface area contributed by atoms with Crippen molar-refractivity contribution < 1.29 is 23.4 Å². The van der Waals surface area contributed by atoms with Crippen molar-refractivity contribution in [3.05, 3.63) is 64.5 Å². The van der Waals surface area contributed by atoms with Gasteiger partial charge in [0.05, 0.1) is 7.11 Å². The third-order valence-electron chi connectivity index (χ3n) is 3.55. The summed E-state index contributed by atoms with van der Waals surface area (Å²) in [6.45, 7) is 0.283. The van der Waals surface area contributed by atoms with Crippen LogP contribution in [0.3, 0.4) is 0 Å². The molecule has 0 saturated heterocycles. The van der Waals surface area contributed by atoms with Gasteiger partial charge in [-0.3, -0.25) is 0 Å². The van der Waals surface area contributed by atoms with Crippen molar-refractivity contribution in [1.82, 2.24) is 0 Å². The third kappa shape index (κ3) is 3.75. The van der Waals surface area contributed by atoms with Crippen LogP contribution >= 0.6 is 0 Å². The molecular weight excluding hydrogens is 324 g/mol. The number of hydrogen-bond donors (Lipinski definition) is 0. The quantitative estimate of drug-likeness (QED) is 0.484. The summed E-state index contributed by atoms with van der Waals surface area (Å²) < 4.78 is 27.3. The van der Waals surface area contributed by atoms with Crippen LogP contribution in [0.25, 0.3) is 11.0 Å². The molecule has 0 fully saturated rings. The molecule has 0 radical (unpaired) electrons. The second kappa shape index (κ2) is 7.72. The SMILES string of the molecule is COCOc1c(OC)cc2ccc(=O)oc2c1OCc1ccccc1. The van der Waals surface area contributed by atoms with Crippen LogP contribution < -0.4 is 19.8 Å². The highest BCUT2D eigenvalue weighted by molar-refractivity contribution is 5.88. The van der Waals surface area contributed by atoms with E-state index in [1.807, 2.05) is 30.3 Å². The third-order valence-corrected chi connectivity index (χ3v) is 3.55. The molecular formula is C19H18O6. The van der Waals surface area contributed by atoms with Crippen LogP contribution in [-0.4, -0.2) is 21.0 Å². The van der Waals surface area contributed by atoms with Crippen LogP contribution in [0, 0.1) is 0 Å². The van der Waals surface area contributed by atoms with Crippen molar-refractivity contribution in [3.8, 4) is 17.2 Å². The summed E-state index contributed by atoms with van der Waals surface area (Å²) in [6.07, 6.45) is 0. The molecule has 3 aromatic rings. The van der Waals surface area contributed by atoms with Gasteiger partial charge >= 0.3 is 5.63 Å². The number of ether oxygens (including phenoxy) is 4. The fourth-order valence-electron chi connectivity index (χ4n) is 2.41. The highest BCUT2D eigenvalue weighted by Gasteiger charge is 2.20. The van der Waals surface area contributed by atoms with Gasteiger partial charge in [0.15, 0.2) is 18.1 Å². The van der Waals surface area contributed by atoms with Crippen LogP contribution in [0.2, 0.25) is 0 Å². The number of hydrogen-bond acceptors (Lipinski definition) is 6. The molecule has 0 atom stereocenters. The molecule has 2 aromatic carbocycles. The van der Waals surface area contributed by atoms with Gasteiger partial charge in [-0.25, -0.2) is 4.79 Å². The molecule has 1 heterocycles. The largest absolute Gasteiger partial charge is 0.493 e. The van der Waals surface area contributed by atoms with Gasteiger partial charge in [0.2, 0.25) is 11.5 Å². The second-order valence-corrected chi connectivity index (χ2v) is 5.23. The Morgan fingerprint density at radius 3 is 2.48 bits per heavy atom. The zero-order chi connectivity index (χ0) is 17.6. The Morgan fingerprint density at radius 2 is 1.76 bits per heavy atom. The summed E-state index contributed by atoms with van der Waals surface area (Å²) in [5.41, 5.74) is 0.796. The molecule has 25 heavy (non-hydrogen) atoms. The van der Waals surface area contributed by atoms with E-state index < -0.39 is 5.63 Å². The summed E-state index contributed by atoms with van der Waals surface area (Å²) in [5, 5.41) is 0.671.